The van der Waals surface area contributed by atoms with Crippen molar-refractivity contribution < 1.29 is 17.6 Å². The van der Waals surface area contributed by atoms with Crippen molar-refractivity contribution in [1.82, 2.24) is 0 Å². The van der Waals surface area contributed by atoms with Crippen LogP contribution in [-0.2, 0) is 14.8 Å². The van der Waals surface area contributed by atoms with Gasteiger partial charge in [-0.05, 0) is 49.4 Å². The van der Waals surface area contributed by atoms with Gasteiger partial charge in [-0.3, -0.25) is 9.10 Å². The van der Waals surface area contributed by atoms with E-state index in [4.69, 9.17) is 11.6 Å². The number of sulfonamides is 1. The summed E-state index contributed by atoms with van der Waals surface area (Å²) in [7, 11) is -4.07. The molecule has 1 N–H and O–H groups in total. The molecule has 0 unspecified atom stereocenters. The lowest BCUT2D eigenvalue weighted by Gasteiger charge is -2.25. The van der Waals surface area contributed by atoms with Crippen LogP contribution in [0.15, 0.2) is 77.7 Å². The Morgan fingerprint density at radius 3 is 2.38 bits per heavy atom. The molecule has 0 fully saturated rings. The van der Waals surface area contributed by atoms with Crippen molar-refractivity contribution in [3.8, 4) is 0 Å². The second-order valence-electron chi connectivity index (χ2n) is 6.33. The fourth-order valence-corrected chi connectivity index (χ4v) is 4.42. The highest BCUT2D eigenvalue weighted by molar-refractivity contribution is 7.92. The lowest BCUT2D eigenvalue weighted by Crippen LogP contribution is -2.38. The van der Waals surface area contributed by atoms with E-state index in [9.17, 15) is 17.6 Å². The molecule has 0 bridgehead atoms. The second kappa shape index (κ2) is 8.63. The van der Waals surface area contributed by atoms with Crippen LogP contribution in [0.3, 0.4) is 0 Å². The molecule has 0 aliphatic heterocycles. The van der Waals surface area contributed by atoms with Crippen LogP contribution in [0.2, 0.25) is 5.02 Å². The first-order chi connectivity index (χ1) is 13.8. The van der Waals surface area contributed by atoms with Gasteiger partial charge in [0.05, 0.1) is 15.6 Å². The van der Waals surface area contributed by atoms with Gasteiger partial charge in [0, 0.05) is 5.69 Å². The summed E-state index contributed by atoms with van der Waals surface area (Å²) in [5, 5.41) is 2.69. The second-order valence-corrected chi connectivity index (χ2v) is 8.60. The number of hydrogen-bond donors (Lipinski definition) is 1. The Bertz CT molecular complexity index is 1130. The SMILES string of the molecule is Cc1ccc(S(=O)(=O)N(CC(=O)Nc2cccc(F)c2)c2ccccc2Cl)cc1. The van der Waals surface area contributed by atoms with E-state index in [1.54, 1.807) is 30.3 Å². The normalized spacial score (nSPS) is 11.1. The third-order valence-electron chi connectivity index (χ3n) is 4.13. The smallest absolute Gasteiger partial charge is 0.264 e. The van der Waals surface area contributed by atoms with E-state index in [1.165, 1.54) is 36.4 Å². The lowest BCUT2D eigenvalue weighted by molar-refractivity contribution is -0.114. The maximum atomic E-state index is 13.4. The van der Waals surface area contributed by atoms with Crippen LogP contribution in [0.25, 0.3) is 0 Å². The maximum absolute atomic E-state index is 13.4. The Kier molecular flexibility index (Phi) is 6.20. The van der Waals surface area contributed by atoms with E-state index in [2.05, 4.69) is 5.32 Å². The molecule has 3 aromatic rings. The van der Waals surface area contributed by atoms with Gasteiger partial charge < -0.3 is 5.32 Å². The Hall–Kier alpha value is -2.90. The number of hydrogen-bond acceptors (Lipinski definition) is 3. The number of rotatable bonds is 6. The van der Waals surface area contributed by atoms with Crippen LogP contribution in [0.4, 0.5) is 15.8 Å². The monoisotopic (exact) mass is 432 g/mol. The molecule has 0 heterocycles. The summed E-state index contributed by atoms with van der Waals surface area (Å²) in [6.45, 7) is 1.31. The third-order valence-corrected chi connectivity index (χ3v) is 6.22. The van der Waals surface area contributed by atoms with Gasteiger partial charge >= 0.3 is 0 Å². The summed E-state index contributed by atoms with van der Waals surface area (Å²) in [6, 6.07) is 18.0. The molecule has 0 spiro atoms. The number of carbonyl (C=O) groups excluding carboxylic acids is 1. The van der Waals surface area contributed by atoms with Crippen molar-refractivity contribution in [3.05, 3.63) is 89.2 Å². The first-order valence-corrected chi connectivity index (χ1v) is 10.5. The standard InChI is InChI=1S/C21H18ClFN2O3S/c1-15-9-11-18(12-10-15)29(27,28)25(20-8-3-2-7-19(20)22)14-21(26)24-17-6-4-5-16(23)13-17/h2-13H,14H2,1H3,(H,24,26). The van der Waals surface area contributed by atoms with Gasteiger partial charge in [0.2, 0.25) is 5.91 Å². The molecular formula is C21H18ClFN2O3S. The van der Waals surface area contributed by atoms with Crippen LogP contribution >= 0.6 is 11.6 Å². The molecule has 0 saturated carbocycles. The van der Waals surface area contributed by atoms with Crippen LogP contribution < -0.4 is 9.62 Å². The van der Waals surface area contributed by atoms with Crippen LogP contribution in [0.1, 0.15) is 5.56 Å². The van der Waals surface area contributed by atoms with Gasteiger partial charge in [-0.25, -0.2) is 12.8 Å². The van der Waals surface area contributed by atoms with E-state index in [-0.39, 0.29) is 21.3 Å². The fraction of sp³-hybridized carbons (Fsp3) is 0.0952. The zero-order chi connectivity index (χ0) is 21.0. The van der Waals surface area contributed by atoms with E-state index in [0.29, 0.717) is 0 Å². The number of anilines is 2. The molecule has 29 heavy (non-hydrogen) atoms. The van der Waals surface area contributed by atoms with Gasteiger partial charge in [0.1, 0.15) is 12.4 Å². The van der Waals surface area contributed by atoms with Gasteiger partial charge in [-0.1, -0.05) is 47.5 Å². The zero-order valence-corrected chi connectivity index (χ0v) is 17.0. The van der Waals surface area contributed by atoms with Crippen molar-refractivity contribution >= 4 is 38.9 Å². The van der Waals surface area contributed by atoms with Crippen LogP contribution in [-0.4, -0.2) is 20.9 Å². The molecule has 150 valence electrons. The summed E-state index contributed by atoms with van der Waals surface area (Å²) >= 11 is 6.21. The predicted molar refractivity (Wildman–Crippen MR) is 112 cm³/mol. The van der Waals surface area contributed by atoms with Crippen molar-refractivity contribution in [3.63, 3.8) is 0 Å². The van der Waals surface area contributed by atoms with Crippen LogP contribution in [0.5, 0.6) is 0 Å². The molecule has 0 aromatic heterocycles. The topological polar surface area (TPSA) is 66.5 Å². The summed E-state index contributed by atoms with van der Waals surface area (Å²) < 4.78 is 40.8. The Labute approximate surface area is 173 Å². The van der Waals surface area contributed by atoms with Gasteiger partial charge in [0.15, 0.2) is 0 Å². The highest BCUT2D eigenvalue weighted by atomic mass is 35.5. The van der Waals surface area contributed by atoms with Crippen molar-refractivity contribution in [1.29, 1.82) is 0 Å². The zero-order valence-electron chi connectivity index (χ0n) is 15.5. The van der Waals surface area contributed by atoms with Crippen molar-refractivity contribution in [2.75, 3.05) is 16.2 Å². The van der Waals surface area contributed by atoms with Crippen LogP contribution in [0, 0.1) is 12.7 Å². The lowest BCUT2D eigenvalue weighted by atomic mass is 10.2. The third kappa shape index (κ3) is 4.93. The summed E-state index contributed by atoms with van der Waals surface area (Å²) in [4.78, 5) is 12.6. The Morgan fingerprint density at radius 1 is 1.03 bits per heavy atom. The largest absolute Gasteiger partial charge is 0.324 e. The molecule has 3 aromatic carbocycles. The number of halogens is 2. The number of para-hydroxylation sites is 1. The Balaban J connectivity index is 1.96. The molecule has 8 heteroatoms. The van der Waals surface area contributed by atoms with E-state index in [1.807, 2.05) is 6.92 Å². The van der Waals surface area contributed by atoms with Crippen molar-refractivity contribution in [2.45, 2.75) is 11.8 Å². The molecule has 0 atom stereocenters. The highest BCUT2D eigenvalue weighted by Gasteiger charge is 2.28. The highest BCUT2D eigenvalue weighted by Crippen LogP contribution is 2.30. The van der Waals surface area contributed by atoms with Gasteiger partial charge in [-0.2, -0.15) is 0 Å². The van der Waals surface area contributed by atoms with Gasteiger partial charge in [0.25, 0.3) is 10.0 Å². The number of nitrogens with zero attached hydrogens (tertiary/aromatic N) is 1. The minimum absolute atomic E-state index is 0.0292. The average molecular weight is 433 g/mol. The fourth-order valence-electron chi connectivity index (χ4n) is 2.69. The summed E-state index contributed by atoms with van der Waals surface area (Å²) in [6.07, 6.45) is 0. The predicted octanol–water partition coefficient (Wildman–Crippen LogP) is 4.62. The molecule has 1 amide bonds. The first kappa shape index (κ1) is 20.8. The minimum Gasteiger partial charge on any atom is -0.324 e. The number of nitrogens with one attached hydrogen (secondary N) is 1. The average Bonchev–Trinajstić information content (AvgIpc) is 2.67. The molecular weight excluding hydrogens is 415 g/mol. The summed E-state index contributed by atoms with van der Waals surface area (Å²) in [5.74, 6) is -1.15. The van der Waals surface area contributed by atoms with E-state index < -0.39 is 28.3 Å². The van der Waals surface area contributed by atoms with Gasteiger partial charge in [-0.15, -0.1) is 0 Å². The number of carbonyl (C=O) groups is 1. The van der Waals surface area contributed by atoms with E-state index >= 15 is 0 Å². The van der Waals surface area contributed by atoms with E-state index in [0.717, 1.165) is 15.9 Å². The van der Waals surface area contributed by atoms with Crippen molar-refractivity contribution in [2.24, 2.45) is 0 Å². The number of amides is 1. The number of aryl methyl sites for hydroxylation is 1. The molecule has 0 aliphatic rings. The quantitative estimate of drug-likeness (QED) is 0.618. The Morgan fingerprint density at radius 2 is 1.72 bits per heavy atom. The molecule has 0 radical (unpaired) electrons. The molecule has 0 saturated heterocycles. The number of benzene rings is 3. The molecule has 0 aliphatic carbocycles. The summed E-state index contributed by atoms with van der Waals surface area (Å²) in [5.41, 5.74) is 1.29. The minimum atomic E-state index is -4.07. The maximum Gasteiger partial charge on any atom is 0.264 e. The first-order valence-electron chi connectivity index (χ1n) is 8.67. The molecule has 3 rings (SSSR count). The molecule has 5 nitrogen and oxygen atoms in total.